The Balaban J connectivity index is 1.23. The number of fused-ring (bicyclic) bond motifs is 9. The topological polar surface area (TPSA) is 9.86 Å². The monoisotopic (exact) mass is 656 g/mol. The van der Waals surface area contributed by atoms with Gasteiger partial charge in [-0.1, -0.05) is 104 Å². The van der Waals surface area contributed by atoms with E-state index in [1.165, 1.54) is 91.7 Å². The maximum absolute atomic E-state index is 3.95. The van der Waals surface area contributed by atoms with Crippen LogP contribution in [0.4, 0.5) is 0 Å². The van der Waals surface area contributed by atoms with Crippen molar-refractivity contribution in [2.24, 2.45) is 0 Å². The largest absolute Gasteiger partial charge is 0.309 e. The van der Waals surface area contributed by atoms with E-state index in [4.69, 9.17) is 0 Å². The van der Waals surface area contributed by atoms with Gasteiger partial charge in [0.05, 0.1) is 22.1 Å². The van der Waals surface area contributed by atoms with Gasteiger partial charge in [-0.25, -0.2) is 0 Å². The number of aromatic nitrogens is 2. The second-order valence-electron chi connectivity index (χ2n) is 13.0. The summed E-state index contributed by atoms with van der Waals surface area (Å²) in [5, 5.41) is 8.88. The third-order valence-corrected chi connectivity index (χ3v) is 11.3. The van der Waals surface area contributed by atoms with Gasteiger partial charge in [-0.15, -0.1) is 11.3 Å². The Labute approximate surface area is 294 Å². The fourth-order valence-electron chi connectivity index (χ4n) is 7.99. The lowest BCUT2D eigenvalue weighted by molar-refractivity contribution is 1.18. The van der Waals surface area contributed by atoms with E-state index in [1.54, 1.807) is 0 Å². The highest BCUT2D eigenvalue weighted by atomic mass is 32.1. The van der Waals surface area contributed by atoms with Gasteiger partial charge in [0.25, 0.3) is 0 Å². The van der Waals surface area contributed by atoms with Crippen molar-refractivity contribution in [2.45, 2.75) is 6.92 Å². The highest BCUT2D eigenvalue weighted by Crippen LogP contribution is 2.44. The van der Waals surface area contributed by atoms with Gasteiger partial charge in [0.1, 0.15) is 0 Å². The molecule has 10 rings (SSSR count). The van der Waals surface area contributed by atoms with E-state index in [0.717, 1.165) is 5.69 Å². The first-order chi connectivity index (χ1) is 24.7. The van der Waals surface area contributed by atoms with Crippen LogP contribution in [0.25, 0.3) is 93.0 Å². The average molecular weight is 657 g/mol. The first-order valence-electron chi connectivity index (χ1n) is 17.1. The van der Waals surface area contributed by atoms with E-state index in [-0.39, 0.29) is 0 Å². The lowest BCUT2D eigenvalue weighted by Crippen LogP contribution is -1.94. The van der Waals surface area contributed by atoms with Crippen LogP contribution in [0.2, 0.25) is 0 Å². The molecular weight excluding hydrogens is 625 g/mol. The zero-order valence-corrected chi connectivity index (χ0v) is 28.4. The molecule has 0 unspecified atom stereocenters. The second kappa shape index (κ2) is 11.2. The summed E-state index contributed by atoms with van der Waals surface area (Å²) < 4.78 is 6.13. The summed E-state index contributed by atoms with van der Waals surface area (Å²) in [4.78, 5) is 1.32. The van der Waals surface area contributed by atoms with Crippen LogP contribution in [-0.4, -0.2) is 9.13 Å². The summed E-state index contributed by atoms with van der Waals surface area (Å²) in [7, 11) is 0. The molecule has 0 N–H and O–H groups in total. The summed E-state index contributed by atoms with van der Waals surface area (Å²) in [5.74, 6) is 0. The van der Waals surface area contributed by atoms with E-state index in [0.29, 0.717) is 0 Å². The van der Waals surface area contributed by atoms with E-state index < -0.39 is 0 Å². The Kier molecular flexibility index (Phi) is 6.45. The number of para-hydroxylation sites is 2. The summed E-state index contributed by atoms with van der Waals surface area (Å²) in [6.07, 6.45) is 6.13. The first kappa shape index (κ1) is 28.8. The van der Waals surface area contributed by atoms with Crippen molar-refractivity contribution >= 4 is 81.9 Å². The van der Waals surface area contributed by atoms with Gasteiger partial charge in [-0.2, -0.15) is 0 Å². The van der Waals surface area contributed by atoms with Gasteiger partial charge in [-0.05, 0) is 101 Å². The van der Waals surface area contributed by atoms with E-state index in [1.807, 2.05) is 17.4 Å². The number of allylic oxidation sites excluding steroid dienone is 2. The molecule has 0 radical (unpaired) electrons. The van der Waals surface area contributed by atoms with Crippen LogP contribution in [0, 0.1) is 6.92 Å². The van der Waals surface area contributed by atoms with Crippen LogP contribution in [0.15, 0.2) is 164 Å². The standard InChI is InChI=1S/C47H32N2S/c1-3-4-16-37-30(2)50-45-26-25-44-46(47(37)45)40-29-34(21-24-43(40)48(44)35-14-6-5-7-15-35)33-20-23-42-39(28-33)38-17-10-11-18-41(38)49(42)36-22-19-31-12-8-9-13-32(31)27-36/h3-29H,1H2,2H3/b16-4-. The van der Waals surface area contributed by atoms with E-state index in [2.05, 4.69) is 180 Å². The Morgan fingerprint density at radius 2 is 1.18 bits per heavy atom. The molecule has 2 nitrogen and oxygen atoms in total. The summed E-state index contributed by atoms with van der Waals surface area (Å²) >= 11 is 1.86. The van der Waals surface area contributed by atoms with Gasteiger partial charge in [0.15, 0.2) is 0 Å². The fourth-order valence-corrected chi connectivity index (χ4v) is 9.05. The van der Waals surface area contributed by atoms with Crippen LogP contribution in [0.3, 0.4) is 0 Å². The van der Waals surface area contributed by atoms with Gasteiger partial charge in [0.2, 0.25) is 0 Å². The maximum atomic E-state index is 3.95. The minimum Gasteiger partial charge on any atom is -0.309 e. The van der Waals surface area contributed by atoms with Crippen molar-refractivity contribution < 1.29 is 0 Å². The zero-order chi connectivity index (χ0) is 33.3. The molecule has 236 valence electrons. The molecule has 7 aromatic carbocycles. The Morgan fingerprint density at radius 1 is 0.520 bits per heavy atom. The molecule has 0 bridgehead atoms. The Bertz CT molecular complexity index is 3000. The van der Waals surface area contributed by atoms with Crippen LogP contribution in [-0.2, 0) is 0 Å². The second-order valence-corrected chi connectivity index (χ2v) is 14.3. The SMILES string of the molecule is C=C/C=C\c1c(C)sc2ccc3c(c4cc(-c5ccc6c(c5)c5ccccc5n6-c5ccc6ccccc6c5)ccc4n3-c3ccccc3)c12. The van der Waals surface area contributed by atoms with Gasteiger partial charge in [-0.3, -0.25) is 0 Å². The van der Waals surface area contributed by atoms with Crippen molar-refractivity contribution in [3.8, 4) is 22.5 Å². The molecule has 0 aliphatic heterocycles. The predicted molar refractivity (Wildman–Crippen MR) is 217 cm³/mol. The van der Waals surface area contributed by atoms with Gasteiger partial charge >= 0.3 is 0 Å². The molecule has 0 saturated heterocycles. The summed E-state index contributed by atoms with van der Waals surface area (Å²) in [5.41, 5.74) is 10.9. The van der Waals surface area contributed by atoms with Crippen LogP contribution >= 0.6 is 11.3 Å². The van der Waals surface area contributed by atoms with E-state index >= 15 is 0 Å². The van der Waals surface area contributed by atoms with Crippen molar-refractivity contribution in [3.05, 3.63) is 175 Å². The molecule has 0 aliphatic carbocycles. The normalized spacial score (nSPS) is 12.1. The number of benzene rings is 7. The molecule has 3 heterocycles. The Morgan fingerprint density at radius 3 is 2.00 bits per heavy atom. The van der Waals surface area contributed by atoms with E-state index in [9.17, 15) is 0 Å². The number of rotatable bonds is 5. The Hall–Kier alpha value is -6.16. The number of thiophene rings is 1. The van der Waals surface area contributed by atoms with Gasteiger partial charge < -0.3 is 9.13 Å². The van der Waals surface area contributed by atoms with Gasteiger partial charge in [0, 0.05) is 47.9 Å². The lowest BCUT2D eigenvalue weighted by atomic mass is 9.99. The minimum absolute atomic E-state index is 1.16. The van der Waals surface area contributed by atoms with Crippen LogP contribution < -0.4 is 0 Å². The van der Waals surface area contributed by atoms with Crippen molar-refractivity contribution in [2.75, 3.05) is 0 Å². The highest BCUT2D eigenvalue weighted by molar-refractivity contribution is 7.19. The molecule has 3 heteroatoms. The molecule has 0 fully saturated rings. The van der Waals surface area contributed by atoms with Crippen molar-refractivity contribution in [1.82, 2.24) is 9.13 Å². The molecule has 0 aliphatic rings. The van der Waals surface area contributed by atoms with Crippen LogP contribution in [0.5, 0.6) is 0 Å². The smallest absolute Gasteiger partial charge is 0.0548 e. The third kappa shape index (κ3) is 4.27. The molecule has 0 atom stereocenters. The highest BCUT2D eigenvalue weighted by Gasteiger charge is 2.20. The lowest BCUT2D eigenvalue weighted by Gasteiger charge is -2.10. The zero-order valence-electron chi connectivity index (χ0n) is 27.6. The maximum Gasteiger partial charge on any atom is 0.0548 e. The summed E-state index contributed by atoms with van der Waals surface area (Å²) in [6.45, 7) is 6.18. The number of aryl methyl sites for hydroxylation is 1. The fraction of sp³-hybridized carbons (Fsp3) is 0.0213. The molecule has 0 amide bonds. The molecule has 0 saturated carbocycles. The van der Waals surface area contributed by atoms with Crippen molar-refractivity contribution in [3.63, 3.8) is 0 Å². The molecular formula is C47H32N2S. The molecule has 50 heavy (non-hydrogen) atoms. The average Bonchev–Trinajstić information content (AvgIpc) is 3.79. The van der Waals surface area contributed by atoms with Crippen molar-refractivity contribution in [1.29, 1.82) is 0 Å². The summed E-state index contributed by atoms with van der Waals surface area (Å²) in [6, 6.07) is 53.4. The number of hydrogen-bond acceptors (Lipinski definition) is 1. The molecule has 10 aromatic rings. The number of hydrogen-bond donors (Lipinski definition) is 0. The first-order valence-corrected chi connectivity index (χ1v) is 17.9. The minimum atomic E-state index is 1.16. The van der Waals surface area contributed by atoms with Crippen LogP contribution in [0.1, 0.15) is 10.4 Å². The molecule has 0 spiro atoms. The number of nitrogens with zero attached hydrogens (tertiary/aromatic N) is 2. The third-order valence-electron chi connectivity index (χ3n) is 10.2. The predicted octanol–water partition coefficient (Wildman–Crippen LogP) is 13.4. The quantitative estimate of drug-likeness (QED) is 0.163. The molecule has 3 aromatic heterocycles.